The molecular formula is C24H33NO6S. The van der Waals surface area contributed by atoms with Gasteiger partial charge in [0.2, 0.25) is 0 Å². The monoisotopic (exact) mass is 463 g/mol. The van der Waals surface area contributed by atoms with Crippen LogP contribution in [0.4, 0.5) is 4.79 Å². The summed E-state index contributed by atoms with van der Waals surface area (Å²) in [5.41, 5.74) is 0.489. The number of likely N-dealkylation sites (tertiary alicyclic amines) is 1. The van der Waals surface area contributed by atoms with Crippen LogP contribution < -0.4 is 0 Å². The number of rotatable bonds is 8. The Morgan fingerprint density at radius 1 is 1.12 bits per heavy atom. The first kappa shape index (κ1) is 24.5. The number of nitrogens with zero attached hydrogens (tertiary/aromatic N) is 1. The second kappa shape index (κ2) is 10.2. The standard InChI is InChI=1S/C24H33NO6S/c1-24(2,3)31-23(26)25-16-22(15-21(25)10-7-13-30-32(4,27)28)29-17-18-11-12-19-8-5-6-9-20(19)14-18/h5-6,8-9,11-12,14,21-22H,7,10,13,15-17H2,1-4H3/t21-,22-/m0/s1. The lowest BCUT2D eigenvalue weighted by Crippen LogP contribution is -2.40. The van der Waals surface area contributed by atoms with Crippen LogP contribution in [0.2, 0.25) is 0 Å². The largest absolute Gasteiger partial charge is 0.444 e. The molecule has 1 aliphatic rings. The molecule has 1 saturated heterocycles. The lowest BCUT2D eigenvalue weighted by molar-refractivity contribution is 0.0144. The van der Waals surface area contributed by atoms with Crippen LogP contribution in [0.3, 0.4) is 0 Å². The normalized spacial score (nSPS) is 19.4. The van der Waals surface area contributed by atoms with Gasteiger partial charge in [0.05, 0.1) is 32.1 Å². The highest BCUT2D eigenvalue weighted by atomic mass is 32.2. The van der Waals surface area contributed by atoms with Gasteiger partial charge < -0.3 is 14.4 Å². The van der Waals surface area contributed by atoms with Crippen molar-refractivity contribution in [2.45, 2.75) is 64.4 Å². The lowest BCUT2D eigenvalue weighted by atomic mass is 10.1. The van der Waals surface area contributed by atoms with Gasteiger partial charge in [0.1, 0.15) is 5.60 Å². The van der Waals surface area contributed by atoms with E-state index in [1.807, 2.05) is 32.9 Å². The van der Waals surface area contributed by atoms with Gasteiger partial charge in [0.15, 0.2) is 0 Å². The van der Waals surface area contributed by atoms with Crippen molar-refractivity contribution in [1.82, 2.24) is 4.90 Å². The smallest absolute Gasteiger partial charge is 0.410 e. The van der Waals surface area contributed by atoms with Gasteiger partial charge in [0, 0.05) is 6.04 Å². The quantitative estimate of drug-likeness (QED) is 0.424. The number of hydrogen-bond donors (Lipinski definition) is 0. The fourth-order valence-electron chi connectivity index (χ4n) is 3.88. The van der Waals surface area contributed by atoms with Gasteiger partial charge in [0.25, 0.3) is 10.1 Å². The first-order chi connectivity index (χ1) is 15.0. The summed E-state index contributed by atoms with van der Waals surface area (Å²) >= 11 is 0. The molecule has 32 heavy (non-hydrogen) atoms. The summed E-state index contributed by atoms with van der Waals surface area (Å²) in [6.45, 7) is 6.51. The van der Waals surface area contributed by atoms with Gasteiger partial charge in [-0.15, -0.1) is 0 Å². The van der Waals surface area contributed by atoms with Gasteiger partial charge in [-0.25, -0.2) is 4.79 Å². The molecule has 1 amide bonds. The molecule has 0 aliphatic carbocycles. The minimum absolute atomic E-state index is 0.0883. The third-order valence-electron chi connectivity index (χ3n) is 5.28. The molecule has 2 aromatic rings. The fourth-order valence-corrected chi connectivity index (χ4v) is 4.30. The Hall–Kier alpha value is -2.16. The summed E-state index contributed by atoms with van der Waals surface area (Å²) in [6, 6.07) is 14.4. The van der Waals surface area contributed by atoms with Crippen LogP contribution in [0.25, 0.3) is 10.8 Å². The van der Waals surface area contributed by atoms with E-state index >= 15 is 0 Å². The molecule has 1 heterocycles. The van der Waals surface area contributed by atoms with Gasteiger partial charge in [-0.1, -0.05) is 36.4 Å². The maximum Gasteiger partial charge on any atom is 0.410 e. The van der Waals surface area contributed by atoms with E-state index < -0.39 is 15.7 Å². The number of carbonyl (C=O) groups excluding carboxylic acids is 1. The topological polar surface area (TPSA) is 82.1 Å². The Labute approximate surface area is 190 Å². The lowest BCUT2D eigenvalue weighted by Gasteiger charge is -2.28. The second-order valence-electron chi connectivity index (χ2n) is 9.31. The van der Waals surface area contributed by atoms with E-state index in [-0.39, 0.29) is 24.8 Å². The van der Waals surface area contributed by atoms with E-state index in [9.17, 15) is 13.2 Å². The van der Waals surface area contributed by atoms with Gasteiger partial charge >= 0.3 is 6.09 Å². The third kappa shape index (κ3) is 7.46. The molecule has 0 bridgehead atoms. The van der Waals surface area contributed by atoms with Gasteiger partial charge in [-0.2, -0.15) is 8.42 Å². The van der Waals surface area contributed by atoms with E-state index in [1.54, 1.807) is 4.90 Å². The molecule has 2 atom stereocenters. The highest BCUT2D eigenvalue weighted by Gasteiger charge is 2.37. The maximum absolute atomic E-state index is 12.8. The van der Waals surface area contributed by atoms with Crippen molar-refractivity contribution in [2.24, 2.45) is 0 Å². The second-order valence-corrected chi connectivity index (χ2v) is 10.9. The summed E-state index contributed by atoms with van der Waals surface area (Å²) in [6.07, 6.45) is 2.36. The Balaban J connectivity index is 1.60. The fraction of sp³-hybridized carbons (Fsp3) is 0.542. The van der Waals surface area contributed by atoms with E-state index in [4.69, 9.17) is 13.7 Å². The highest BCUT2D eigenvalue weighted by Crippen LogP contribution is 2.27. The van der Waals surface area contributed by atoms with E-state index in [2.05, 4.69) is 30.3 Å². The minimum Gasteiger partial charge on any atom is -0.444 e. The molecule has 176 valence electrons. The summed E-state index contributed by atoms with van der Waals surface area (Å²) in [5.74, 6) is 0. The molecule has 0 N–H and O–H groups in total. The van der Waals surface area contributed by atoms with Crippen molar-refractivity contribution in [1.29, 1.82) is 0 Å². The number of carbonyl (C=O) groups is 1. The first-order valence-corrected chi connectivity index (χ1v) is 12.8. The number of benzene rings is 2. The molecule has 8 heteroatoms. The summed E-state index contributed by atoms with van der Waals surface area (Å²) in [5, 5.41) is 2.35. The minimum atomic E-state index is -3.47. The number of ether oxygens (including phenoxy) is 2. The molecule has 3 rings (SSSR count). The Morgan fingerprint density at radius 3 is 2.53 bits per heavy atom. The van der Waals surface area contributed by atoms with Crippen LogP contribution in [0.1, 0.15) is 45.6 Å². The average molecular weight is 464 g/mol. The molecule has 0 saturated carbocycles. The van der Waals surface area contributed by atoms with Crippen LogP contribution in [0.15, 0.2) is 42.5 Å². The average Bonchev–Trinajstić information content (AvgIpc) is 3.11. The molecule has 7 nitrogen and oxygen atoms in total. The zero-order chi connectivity index (χ0) is 23.4. The van der Waals surface area contributed by atoms with E-state index in [0.717, 1.165) is 11.8 Å². The maximum atomic E-state index is 12.8. The van der Waals surface area contributed by atoms with Crippen molar-refractivity contribution < 1.29 is 26.9 Å². The zero-order valence-corrected chi connectivity index (χ0v) is 20.1. The third-order valence-corrected chi connectivity index (χ3v) is 5.88. The Morgan fingerprint density at radius 2 is 1.84 bits per heavy atom. The summed E-state index contributed by atoms with van der Waals surface area (Å²) < 4.78 is 38.9. The van der Waals surface area contributed by atoms with Gasteiger partial charge in [-0.05, 0) is 62.4 Å². The Bertz CT molecular complexity index is 1030. The van der Waals surface area contributed by atoms with Crippen LogP contribution in [-0.2, 0) is 30.4 Å². The van der Waals surface area contributed by atoms with Crippen molar-refractivity contribution in [2.75, 3.05) is 19.4 Å². The molecule has 1 aliphatic heterocycles. The molecule has 2 aromatic carbocycles. The number of amides is 1. The zero-order valence-electron chi connectivity index (χ0n) is 19.2. The van der Waals surface area contributed by atoms with Crippen molar-refractivity contribution >= 4 is 27.0 Å². The van der Waals surface area contributed by atoms with Crippen molar-refractivity contribution in [3.63, 3.8) is 0 Å². The number of fused-ring (bicyclic) bond motifs is 1. The van der Waals surface area contributed by atoms with Crippen LogP contribution >= 0.6 is 0 Å². The number of hydrogen-bond acceptors (Lipinski definition) is 6. The van der Waals surface area contributed by atoms with E-state index in [1.165, 1.54) is 10.8 Å². The Kier molecular flexibility index (Phi) is 7.79. The van der Waals surface area contributed by atoms with Gasteiger partial charge in [-0.3, -0.25) is 4.18 Å². The van der Waals surface area contributed by atoms with Crippen LogP contribution in [-0.4, -0.2) is 56.6 Å². The predicted molar refractivity (Wildman–Crippen MR) is 124 cm³/mol. The molecule has 0 spiro atoms. The summed E-state index contributed by atoms with van der Waals surface area (Å²) in [4.78, 5) is 14.5. The molecule has 0 unspecified atom stereocenters. The molecule has 1 fully saturated rings. The first-order valence-electron chi connectivity index (χ1n) is 10.9. The predicted octanol–water partition coefficient (Wildman–Crippen LogP) is 4.49. The van der Waals surface area contributed by atoms with Crippen LogP contribution in [0.5, 0.6) is 0 Å². The molecular weight excluding hydrogens is 430 g/mol. The van der Waals surface area contributed by atoms with Crippen molar-refractivity contribution in [3.8, 4) is 0 Å². The summed E-state index contributed by atoms with van der Waals surface area (Å²) in [7, 11) is -3.47. The van der Waals surface area contributed by atoms with Crippen LogP contribution in [0, 0.1) is 0 Å². The van der Waals surface area contributed by atoms with E-state index in [0.29, 0.717) is 32.4 Å². The highest BCUT2D eigenvalue weighted by molar-refractivity contribution is 7.85. The SMILES string of the molecule is CC(C)(C)OC(=O)N1C[C@@H](OCc2ccc3ccccc3c2)C[C@@H]1CCCOS(C)(=O)=O. The molecule has 0 radical (unpaired) electrons. The van der Waals surface area contributed by atoms with Crippen molar-refractivity contribution in [3.05, 3.63) is 48.0 Å². The molecule has 0 aromatic heterocycles.